The van der Waals surface area contributed by atoms with E-state index in [-0.39, 0.29) is 5.41 Å². The summed E-state index contributed by atoms with van der Waals surface area (Å²) in [6.45, 7) is 4.72. The standard InChI is InChI=1S/C58H45N/c1-3-57(4-2)53-34-32-47(39-52(53)50-36-42-20-14-15-21-43(42)37-56(50)57)59(46-30-28-41(29-31-46)40-18-8-5-9-19-40)48-33-35-55-51(38-48)49-26-16-17-27-54(49)58(55,44-22-10-6-11-23-44)45-24-12-7-13-25-45/h5-39H,3-4H2,1-2H3. The molecule has 0 N–H and O–H groups in total. The van der Waals surface area contributed by atoms with Gasteiger partial charge in [-0.15, -0.1) is 0 Å². The highest BCUT2D eigenvalue weighted by Crippen LogP contribution is 2.58. The molecule has 1 nitrogen and oxygen atoms in total. The van der Waals surface area contributed by atoms with Gasteiger partial charge in [0.05, 0.1) is 5.41 Å². The summed E-state index contributed by atoms with van der Waals surface area (Å²) in [5.74, 6) is 0. The number of benzene rings is 9. The molecule has 59 heavy (non-hydrogen) atoms. The van der Waals surface area contributed by atoms with Gasteiger partial charge < -0.3 is 4.90 Å². The zero-order valence-corrected chi connectivity index (χ0v) is 33.6. The molecule has 0 saturated carbocycles. The molecule has 0 heterocycles. The van der Waals surface area contributed by atoms with E-state index in [1.807, 2.05) is 0 Å². The lowest BCUT2D eigenvalue weighted by Gasteiger charge is -2.34. The van der Waals surface area contributed by atoms with Crippen molar-refractivity contribution in [2.45, 2.75) is 37.5 Å². The van der Waals surface area contributed by atoms with E-state index in [1.165, 1.54) is 77.5 Å². The average molecular weight is 756 g/mol. The molecule has 0 fully saturated rings. The molecule has 11 rings (SSSR count). The maximum Gasteiger partial charge on any atom is 0.0713 e. The minimum Gasteiger partial charge on any atom is -0.310 e. The summed E-state index contributed by atoms with van der Waals surface area (Å²) in [6.07, 6.45) is 2.11. The van der Waals surface area contributed by atoms with Gasteiger partial charge in [-0.1, -0.05) is 178 Å². The van der Waals surface area contributed by atoms with E-state index in [0.29, 0.717) is 0 Å². The molecule has 0 amide bonds. The monoisotopic (exact) mass is 755 g/mol. The third kappa shape index (κ3) is 5.24. The van der Waals surface area contributed by atoms with Crippen LogP contribution in [0, 0.1) is 0 Å². The number of nitrogens with zero attached hydrogens (tertiary/aromatic N) is 1. The van der Waals surface area contributed by atoms with Crippen molar-refractivity contribution in [3.8, 4) is 33.4 Å². The quantitative estimate of drug-likeness (QED) is 0.149. The van der Waals surface area contributed by atoms with Crippen LogP contribution in [-0.2, 0) is 10.8 Å². The molecule has 0 aliphatic heterocycles. The van der Waals surface area contributed by atoms with Gasteiger partial charge >= 0.3 is 0 Å². The Bertz CT molecular complexity index is 2960. The van der Waals surface area contributed by atoms with Crippen LogP contribution in [-0.4, -0.2) is 0 Å². The lowest BCUT2D eigenvalue weighted by Crippen LogP contribution is -2.28. The highest BCUT2D eigenvalue weighted by Gasteiger charge is 2.46. The molecule has 0 atom stereocenters. The molecule has 0 aromatic heterocycles. The van der Waals surface area contributed by atoms with Crippen molar-refractivity contribution < 1.29 is 0 Å². The maximum absolute atomic E-state index is 2.47. The van der Waals surface area contributed by atoms with Crippen LogP contribution in [0.4, 0.5) is 17.1 Å². The van der Waals surface area contributed by atoms with E-state index in [4.69, 9.17) is 0 Å². The van der Waals surface area contributed by atoms with E-state index >= 15 is 0 Å². The molecule has 1 heteroatoms. The minimum atomic E-state index is -0.446. The van der Waals surface area contributed by atoms with Crippen LogP contribution < -0.4 is 4.90 Å². The second-order valence-corrected chi connectivity index (χ2v) is 16.3. The van der Waals surface area contributed by atoms with Gasteiger partial charge in [-0.3, -0.25) is 0 Å². The number of fused-ring (bicyclic) bond motifs is 7. The molecule has 9 aromatic rings. The van der Waals surface area contributed by atoms with Crippen molar-refractivity contribution in [1.29, 1.82) is 0 Å². The molecule has 0 saturated heterocycles. The third-order valence-corrected chi connectivity index (χ3v) is 13.6. The predicted molar refractivity (Wildman–Crippen MR) is 248 cm³/mol. The van der Waals surface area contributed by atoms with Gasteiger partial charge in [0.15, 0.2) is 0 Å². The molecule has 2 aliphatic carbocycles. The van der Waals surface area contributed by atoms with Gasteiger partial charge in [0.2, 0.25) is 0 Å². The van der Waals surface area contributed by atoms with Gasteiger partial charge in [0.25, 0.3) is 0 Å². The van der Waals surface area contributed by atoms with Crippen molar-refractivity contribution in [1.82, 2.24) is 0 Å². The first kappa shape index (κ1) is 35.2. The predicted octanol–water partition coefficient (Wildman–Crippen LogP) is 15.4. The summed E-state index contributed by atoms with van der Waals surface area (Å²) in [4.78, 5) is 2.47. The Balaban J connectivity index is 1.14. The van der Waals surface area contributed by atoms with E-state index < -0.39 is 5.41 Å². The average Bonchev–Trinajstić information content (AvgIpc) is 3.76. The van der Waals surface area contributed by atoms with Crippen LogP contribution in [0.15, 0.2) is 212 Å². The normalized spacial score (nSPS) is 14.0. The smallest absolute Gasteiger partial charge is 0.0713 e. The highest BCUT2D eigenvalue weighted by molar-refractivity contribution is 5.96. The van der Waals surface area contributed by atoms with Gasteiger partial charge in [-0.05, 0) is 139 Å². The van der Waals surface area contributed by atoms with E-state index in [9.17, 15) is 0 Å². The maximum atomic E-state index is 2.47. The van der Waals surface area contributed by atoms with Crippen LogP contribution in [0.3, 0.4) is 0 Å². The number of hydrogen-bond donors (Lipinski definition) is 0. The van der Waals surface area contributed by atoms with E-state index in [2.05, 4.69) is 231 Å². The highest BCUT2D eigenvalue weighted by atomic mass is 15.1. The van der Waals surface area contributed by atoms with E-state index in [0.717, 1.165) is 29.9 Å². The summed E-state index contributed by atoms with van der Waals surface area (Å²) in [6, 6.07) is 79.2. The fraction of sp³-hybridized carbons (Fsp3) is 0.103. The Morgan fingerprint density at radius 3 is 1.42 bits per heavy atom. The Kier molecular flexibility index (Phi) is 8.27. The Hall–Kier alpha value is -6.96. The molecule has 0 bridgehead atoms. The van der Waals surface area contributed by atoms with Crippen LogP contribution in [0.5, 0.6) is 0 Å². The first-order valence-electron chi connectivity index (χ1n) is 21.1. The topological polar surface area (TPSA) is 3.24 Å². The minimum absolute atomic E-state index is 0.0229. The molecule has 2 aliphatic rings. The summed E-state index contributed by atoms with van der Waals surface area (Å²) >= 11 is 0. The second kappa shape index (κ2) is 13.9. The zero-order chi connectivity index (χ0) is 39.6. The number of anilines is 3. The number of hydrogen-bond acceptors (Lipinski definition) is 1. The third-order valence-electron chi connectivity index (χ3n) is 13.6. The van der Waals surface area contributed by atoms with Crippen LogP contribution in [0.2, 0.25) is 0 Å². The van der Waals surface area contributed by atoms with Crippen molar-refractivity contribution in [3.63, 3.8) is 0 Å². The molecule has 282 valence electrons. The van der Waals surface area contributed by atoms with Gasteiger partial charge in [-0.25, -0.2) is 0 Å². The van der Waals surface area contributed by atoms with Crippen molar-refractivity contribution >= 4 is 27.8 Å². The van der Waals surface area contributed by atoms with Gasteiger partial charge in [0.1, 0.15) is 0 Å². The molecule has 9 aromatic carbocycles. The largest absolute Gasteiger partial charge is 0.310 e. The summed E-state index contributed by atoms with van der Waals surface area (Å²) < 4.78 is 0. The lowest BCUT2D eigenvalue weighted by molar-refractivity contribution is 0.491. The fourth-order valence-electron chi connectivity index (χ4n) is 10.8. The van der Waals surface area contributed by atoms with Crippen LogP contribution >= 0.6 is 0 Å². The first-order valence-corrected chi connectivity index (χ1v) is 21.1. The molecular formula is C58H45N. The summed E-state index contributed by atoms with van der Waals surface area (Å²) in [7, 11) is 0. The SMILES string of the molecule is CCC1(CC)c2ccc(N(c3ccc(-c4ccccc4)cc3)c3ccc4c(c3)-c3ccccc3C4(c3ccccc3)c3ccccc3)cc2-c2cc3ccccc3cc21. The van der Waals surface area contributed by atoms with Gasteiger partial charge in [-0.2, -0.15) is 0 Å². The number of rotatable bonds is 8. The van der Waals surface area contributed by atoms with Gasteiger partial charge in [0, 0.05) is 22.5 Å². The van der Waals surface area contributed by atoms with E-state index in [1.54, 1.807) is 0 Å². The summed E-state index contributed by atoms with van der Waals surface area (Å²) in [5, 5.41) is 2.60. The zero-order valence-electron chi connectivity index (χ0n) is 33.6. The lowest BCUT2D eigenvalue weighted by atomic mass is 9.68. The summed E-state index contributed by atoms with van der Waals surface area (Å²) in [5.41, 5.74) is 18.7. The van der Waals surface area contributed by atoms with Crippen LogP contribution in [0.1, 0.15) is 60.1 Å². The van der Waals surface area contributed by atoms with Crippen molar-refractivity contribution in [2.75, 3.05) is 4.90 Å². The fourth-order valence-corrected chi connectivity index (χ4v) is 10.8. The Morgan fingerprint density at radius 1 is 0.339 bits per heavy atom. The first-order chi connectivity index (χ1) is 29.1. The molecule has 0 unspecified atom stereocenters. The molecule has 0 spiro atoms. The molecular weight excluding hydrogens is 711 g/mol. The van der Waals surface area contributed by atoms with Crippen LogP contribution in [0.25, 0.3) is 44.2 Å². The second-order valence-electron chi connectivity index (χ2n) is 16.3. The Morgan fingerprint density at radius 2 is 0.797 bits per heavy atom. The Labute approximate surface area is 347 Å². The molecule has 0 radical (unpaired) electrons. The van der Waals surface area contributed by atoms with Crippen molar-refractivity contribution in [2.24, 2.45) is 0 Å². The van der Waals surface area contributed by atoms with Crippen molar-refractivity contribution in [3.05, 3.63) is 246 Å².